The average molecular weight is 241 g/mol. The van der Waals surface area contributed by atoms with E-state index in [1.54, 1.807) is 6.20 Å². The molecule has 0 unspecified atom stereocenters. The van der Waals surface area contributed by atoms with Gasteiger partial charge in [0.2, 0.25) is 0 Å². The van der Waals surface area contributed by atoms with Crippen LogP contribution >= 0.6 is 0 Å². The van der Waals surface area contributed by atoms with Crippen LogP contribution in [0.25, 0.3) is 0 Å². The van der Waals surface area contributed by atoms with E-state index in [-0.39, 0.29) is 0 Å². The molecule has 2 rings (SSSR count). The first kappa shape index (κ1) is 12.6. The summed E-state index contributed by atoms with van der Waals surface area (Å²) in [6, 6.07) is 8.46. The van der Waals surface area contributed by atoms with Crippen molar-refractivity contribution in [3.8, 4) is 0 Å². The van der Waals surface area contributed by atoms with Crippen LogP contribution in [0, 0.1) is 13.8 Å². The fourth-order valence-corrected chi connectivity index (χ4v) is 2.22. The predicted octanol–water partition coefficient (Wildman–Crippen LogP) is 2.93. The molecule has 94 valence electrons. The van der Waals surface area contributed by atoms with E-state index in [9.17, 15) is 0 Å². The molecular weight excluding hydrogens is 222 g/mol. The summed E-state index contributed by atoms with van der Waals surface area (Å²) in [7, 11) is 2.06. The highest BCUT2D eigenvalue weighted by atomic mass is 15.1. The maximum absolute atomic E-state index is 5.76. The molecule has 1 aromatic carbocycles. The third kappa shape index (κ3) is 2.36. The first-order valence-corrected chi connectivity index (χ1v) is 6.07. The van der Waals surface area contributed by atoms with Gasteiger partial charge in [0.15, 0.2) is 0 Å². The van der Waals surface area contributed by atoms with Crippen molar-refractivity contribution in [1.82, 2.24) is 4.98 Å². The number of nitrogens with two attached hydrogens (primary N) is 1. The van der Waals surface area contributed by atoms with Crippen molar-refractivity contribution in [3.63, 3.8) is 0 Å². The van der Waals surface area contributed by atoms with Crippen LogP contribution in [0.15, 0.2) is 36.7 Å². The van der Waals surface area contributed by atoms with Gasteiger partial charge in [-0.3, -0.25) is 4.98 Å². The van der Waals surface area contributed by atoms with Gasteiger partial charge in [-0.1, -0.05) is 17.7 Å². The Morgan fingerprint density at radius 3 is 2.61 bits per heavy atom. The smallest absolute Gasteiger partial charge is 0.0484 e. The molecule has 0 aliphatic heterocycles. The second kappa shape index (κ2) is 5.19. The lowest BCUT2D eigenvalue weighted by atomic mass is 10.1. The quantitative estimate of drug-likeness (QED) is 0.898. The van der Waals surface area contributed by atoms with Crippen molar-refractivity contribution < 1.29 is 0 Å². The second-order valence-corrected chi connectivity index (χ2v) is 4.56. The summed E-state index contributed by atoms with van der Waals surface area (Å²) in [4.78, 5) is 6.29. The van der Waals surface area contributed by atoms with Gasteiger partial charge in [0.25, 0.3) is 0 Å². The van der Waals surface area contributed by atoms with Gasteiger partial charge >= 0.3 is 0 Å². The first-order chi connectivity index (χ1) is 8.63. The van der Waals surface area contributed by atoms with E-state index >= 15 is 0 Å². The summed E-state index contributed by atoms with van der Waals surface area (Å²) >= 11 is 0. The topological polar surface area (TPSA) is 42.2 Å². The number of aromatic nitrogens is 1. The SMILES string of the molecule is Cc1ccc(N(C)c2ccncc2CN)c(C)c1. The molecule has 0 radical (unpaired) electrons. The number of pyridine rings is 1. The Morgan fingerprint density at radius 1 is 1.17 bits per heavy atom. The van der Waals surface area contributed by atoms with Crippen molar-refractivity contribution in [2.24, 2.45) is 5.73 Å². The molecule has 0 spiro atoms. The van der Waals surface area contributed by atoms with E-state index in [0.29, 0.717) is 6.54 Å². The van der Waals surface area contributed by atoms with Crippen molar-refractivity contribution in [2.75, 3.05) is 11.9 Å². The Morgan fingerprint density at radius 2 is 1.94 bits per heavy atom. The fraction of sp³-hybridized carbons (Fsp3) is 0.267. The molecule has 0 saturated carbocycles. The highest BCUT2D eigenvalue weighted by molar-refractivity contribution is 5.68. The van der Waals surface area contributed by atoms with E-state index in [2.05, 4.69) is 49.0 Å². The van der Waals surface area contributed by atoms with E-state index < -0.39 is 0 Å². The lowest BCUT2D eigenvalue weighted by Gasteiger charge is -2.24. The predicted molar refractivity (Wildman–Crippen MR) is 76.1 cm³/mol. The molecule has 1 aromatic heterocycles. The minimum Gasteiger partial charge on any atom is -0.344 e. The number of hydrogen-bond acceptors (Lipinski definition) is 3. The van der Waals surface area contributed by atoms with Gasteiger partial charge < -0.3 is 10.6 Å². The first-order valence-electron chi connectivity index (χ1n) is 6.07. The molecule has 3 nitrogen and oxygen atoms in total. The fourth-order valence-electron chi connectivity index (χ4n) is 2.22. The lowest BCUT2D eigenvalue weighted by Crippen LogP contribution is -2.14. The monoisotopic (exact) mass is 241 g/mol. The maximum Gasteiger partial charge on any atom is 0.0484 e. The number of aryl methyl sites for hydroxylation is 2. The summed E-state index contributed by atoms with van der Waals surface area (Å²) in [6.45, 7) is 4.73. The molecule has 0 aliphatic rings. The number of rotatable bonds is 3. The van der Waals surface area contributed by atoms with Gasteiger partial charge in [-0.25, -0.2) is 0 Å². The summed E-state index contributed by atoms with van der Waals surface area (Å²) in [5, 5.41) is 0. The summed E-state index contributed by atoms with van der Waals surface area (Å²) in [5.41, 5.74) is 11.7. The Bertz CT molecular complexity index is 549. The van der Waals surface area contributed by atoms with E-state index in [1.807, 2.05) is 12.3 Å². The zero-order chi connectivity index (χ0) is 13.1. The van der Waals surface area contributed by atoms with Gasteiger partial charge in [-0.15, -0.1) is 0 Å². The lowest BCUT2D eigenvalue weighted by molar-refractivity contribution is 1.02. The van der Waals surface area contributed by atoms with Crippen molar-refractivity contribution in [1.29, 1.82) is 0 Å². The summed E-state index contributed by atoms with van der Waals surface area (Å²) in [5.74, 6) is 0. The number of benzene rings is 1. The number of hydrogen-bond donors (Lipinski definition) is 1. The van der Waals surface area contributed by atoms with Crippen LogP contribution in [-0.2, 0) is 6.54 Å². The molecule has 1 heterocycles. The average Bonchev–Trinajstić information content (AvgIpc) is 2.38. The normalized spacial score (nSPS) is 10.4. The third-order valence-corrected chi connectivity index (χ3v) is 3.17. The molecule has 0 fully saturated rings. The minimum absolute atomic E-state index is 0.498. The molecule has 0 amide bonds. The second-order valence-electron chi connectivity index (χ2n) is 4.56. The molecule has 0 aliphatic carbocycles. The van der Waals surface area contributed by atoms with Crippen molar-refractivity contribution in [3.05, 3.63) is 53.3 Å². The van der Waals surface area contributed by atoms with Gasteiger partial charge in [0.05, 0.1) is 0 Å². The van der Waals surface area contributed by atoms with E-state index in [4.69, 9.17) is 5.73 Å². The van der Waals surface area contributed by atoms with Crippen LogP contribution in [0.5, 0.6) is 0 Å². The van der Waals surface area contributed by atoms with E-state index in [0.717, 1.165) is 11.3 Å². The summed E-state index contributed by atoms with van der Waals surface area (Å²) < 4.78 is 0. The largest absolute Gasteiger partial charge is 0.344 e. The standard InChI is InChI=1S/C15H19N3/c1-11-4-5-14(12(2)8-11)18(3)15-6-7-17-10-13(15)9-16/h4-8,10H,9,16H2,1-3H3. The molecule has 0 bridgehead atoms. The molecule has 0 saturated heterocycles. The van der Waals surface area contributed by atoms with E-state index in [1.165, 1.54) is 16.8 Å². The highest BCUT2D eigenvalue weighted by Crippen LogP contribution is 2.29. The summed E-state index contributed by atoms with van der Waals surface area (Å²) in [6.07, 6.45) is 3.63. The molecule has 2 N–H and O–H groups in total. The van der Waals surface area contributed by atoms with Crippen LogP contribution in [0.3, 0.4) is 0 Å². The molecule has 18 heavy (non-hydrogen) atoms. The minimum atomic E-state index is 0.498. The van der Waals surface area contributed by atoms with Crippen molar-refractivity contribution >= 4 is 11.4 Å². The van der Waals surface area contributed by atoms with Gasteiger partial charge in [0.1, 0.15) is 0 Å². The molecule has 2 aromatic rings. The third-order valence-electron chi connectivity index (χ3n) is 3.17. The van der Waals surface area contributed by atoms with Crippen LogP contribution in [0.4, 0.5) is 11.4 Å². The Balaban J connectivity index is 2.44. The number of anilines is 2. The van der Waals surface area contributed by atoms with Gasteiger partial charge in [-0.05, 0) is 31.5 Å². The zero-order valence-electron chi connectivity index (χ0n) is 11.1. The Kier molecular flexibility index (Phi) is 3.63. The van der Waals surface area contributed by atoms with Crippen LogP contribution in [0.1, 0.15) is 16.7 Å². The maximum atomic E-state index is 5.76. The molecular formula is C15H19N3. The van der Waals surface area contributed by atoms with Crippen LogP contribution < -0.4 is 10.6 Å². The number of nitrogens with zero attached hydrogens (tertiary/aromatic N) is 2. The zero-order valence-corrected chi connectivity index (χ0v) is 11.1. The van der Waals surface area contributed by atoms with Gasteiger partial charge in [-0.2, -0.15) is 0 Å². The van der Waals surface area contributed by atoms with Crippen LogP contribution in [-0.4, -0.2) is 12.0 Å². The molecule has 0 atom stereocenters. The van der Waals surface area contributed by atoms with Crippen LogP contribution in [0.2, 0.25) is 0 Å². The van der Waals surface area contributed by atoms with Gasteiger partial charge in [0, 0.05) is 42.9 Å². The Labute approximate surface area is 108 Å². The van der Waals surface area contributed by atoms with Crippen molar-refractivity contribution in [2.45, 2.75) is 20.4 Å². The molecule has 3 heteroatoms. The highest BCUT2D eigenvalue weighted by Gasteiger charge is 2.10. The Hall–Kier alpha value is -1.87.